The Labute approximate surface area is 137 Å². The van der Waals surface area contributed by atoms with Crippen molar-refractivity contribution < 1.29 is 14.3 Å². The topological polar surface area (TPSA) is 38.8 Å². The number of hydrogen-bond donors (Lipinski definition) is 0. The van der Waals surface area contributed by atoms with Gasteiger partial charge in [-0.25, -0.2) is 0 Å². The summed E-state index contributed by atoms with van der Waals surface area (Å²) in [6, 6.07) is 7.66. The highest BCUT2D eigenvalue weighted by molar-refractivity contribution is 7.99. The van der Waals surface area contributed by atoms with E-state index in [-0.39, 0.29) is 11.2 Å². The number of piperidine rings is 1. The zero-order chi connectivity index (χ0) is 15.9. The molecule has 0 N–H and O–H groups in total. The van der Waals surface area contributed by atoms with Crippen LogP contribution in [-0.2, 0) is 4.79 Å². The van der Waals surface area contributed by atoms with Crippen LogP contribution in [0.5, 0.6) is 11.5 Å². The summed E-state index contributed by atoms with van der Waals surface area (Å²) in [5.41, 5.74) is 0. The molecule has 0 aromatic heterocycles. The average molecular weight is 323 g/mol. The van der Waals surface area contributed by atoms with Crippen LogP contribution in [0.2, 0.25) is 0 Å². The van der Waals surface area contributed by atoms with Crippen molar-refractivity contribution in [2.24, 2.45) is 5.92 Å². The zero-order valence-electron chi connectivity index (χ0n) is 13.6. The van der Waals surface area contributed by atoms with Crippen LogP contribution >= 0.6 is 11.8 Å². The lowest BCUT2D eigenvalue weighted by Crippen LogP contribution is -2.43. The lowest BCUT2D eigenvalue weighted by Gasteiger charge is -2.33. The number of rotatable bonds is 6. The molecule has 2 rings (SSSR count). The molecule has 0 aliphatic carbocycles. The van der Waals surface area contributed by atoms with Gasteiger partial charge in [-0.05, 0) is 56.2 Å². The molecule has 1 aliphatic heterocycles. The maximum Gasteiger partial charge on any atom is 0.235 e. The monoisotopic (exact) mass is 323 g/mol. The normalized spacial score (nSPS) is 17.1. The van der Waals surface area contributed by atoms with Crippen molar-refractivity contribution in [3.05, 3.63) is 24.3 Å². The van der Waals surface area contributed by atoms with E-state index in [4.69, 9.17) is 9.47 Å². The van der Waals surface area contributed by atoms with Crippen molar-refractivity contribution in [2.75, 3.05) is 33.1 Å². The molecule has 5 heteroatoms. The quantitative estimate of drug-likeness (QED) is 0.806. The van der Waals surface area contributed by atoms with E-state index in [1.807, 2.05) is 42.3 Å². The Kier molecular flexibility index (Phi) is 6.43. The Hall–Kier alpha value is -1.36. The third-order valence-corrected chi connectivity index (χ3v) is 5.08. The molecule has 1 aromatic rings. The molecule has 1 fully saturated rings. The lowest BCUT2D eigenvalue weighted by atomic mass is 9.97. The number of likely N-dealkylation sites (tertiary alicyclic amines) is 1. The number of ether oxygens (including phenoxy) is 2. The second-order valence-corrected chi connectivity index (χ2v) is 6.81. The number of thioether (sulfide) groups is 1. The van der Waals surface area contributed by atoms with Crippen molar-refractivity contribution in [2.45, 2.75) is 25.0 Å². The van der Waals surface area contributed by atoms with Gasteiger partial charge in [-0.15, -0.1) is 0 Å². The van der Waals surface area contributed by atoms with Crippen LogP contribution in [0.1, 0.15) is 19.8 Å². The summed E-state index contributed by atoms with van der Waals surface area (Å²) >= 11 is 1.61. The number of carbonyl (C=O) groups excluding carboxylic acids is 1. The van der Waals surface area contributed by atoms with E-state index in [0.29, 0.717) is 12.5 Å². The first-order valence-electron chi connectivity index (χ1n) is 7.72. The SMILES string of the molecule is COc1ccc(OCC2CCN(C(=O)[C@@H](C)SC)CC2)cc1. The number of hydrogen-bond acceptors (Lipinski definition) is 4. The predicted molar refractivity (Wildman–Crippen MR) is 90.8 cm³/mol. The van der Waals surface area contributed by atoms with Crippen LogP contribution in [0, 0.1) is 5.92 Å². The molecular formula is C17H25NO3S. The van der Waals surface area contributed by atoms with Gasteiger partial charge in [0.25, 0.3) is 0 Å². The molecule has 0 unspecified atom stereocenters. The minimum absolute atomic E-state index is 0.0621. The fourth-order valence-electron chi connectivity index (χ4n) is 2.56. The molecule has 0 bridgehead atoms. The highest BCUT2D eigenvalue weighted by Gasteiger charge is 2.25. The van der Waals surface area contributed by atoms with Gasteiger partial charge in [-0.1, -0.05) is 0 Å². The molecule has 0 saturated carbocycles. The van der Waals surface area contributed by atoms with Crippen molar-refractivity contribution >= 4 is 17.7 Å². The van der Waals surface area contributed by atoms with Gasteiger partial charge in [0, 0.05) is 13.1 Å². The lowest BCUT2D eigenvalue weighted by molar-refractivity contribution is -0.131. The Morgan fingerprint density at radius 1 is 1.27 bits per heavy atom. The minimum Gasteiger partial charge on any atom is -0.497 e. The number of amides is 1. The predicted octanol–water partition coefficient (Wildman–Crippen LogP) is 3.06. The summed E-state index contributed by atoms with van der Waals surface area (Å²) in [4.78, 5) is 14.1. The number of methoxy groups -OCH3 is 1. The first kappa shape index (κ1) is 17.0. The van der Waals surface area contributed by atoms with Crippen molar-refractivity contribution in [1.29, 1.82) is 0 Å². The van der Waals surface area contributed by atoms with Gasteiger partial charge in [0.2, 0.25) is 5.91 Å². The maximum atomic E-state index is 12.1. The van der Waals surface area contributed by atoms with Crippen molar-refractivity contribution in [3.8, 4) is 11.5 Å². The fraction of sp³-hybridized carbons (Fsp3) is 0.588. The van der Waals surface area contributed by atoms with Crippen LogP contribution in [0.3, 0.4) is 0 Å². The first-order chi connectivity index (χ1) is 10.6. The Balaban J connectivity index is 1.74. The number of benzene rings is 1. The van der Waals surface area contributed by atoms with Gasteiger partial charge in [-0.2, -0.15) is 11.8 Å². The minimum atomic E-state index is 0.0621. The van der Waals surface area contributed by atoms with Crippen LogP contribution in [-0.4, -0.2) is 49.1 Å². The molecule has 1 amide bonds. The second-order valence-electron chi connectivity index (χ2n) is 5.63. The molecule has 122 valence electrons. The van der Waals surface area contributed by atoms with Gasteiger partial charge in [0.15, 0.2) is 0 Å². The Morgan fingerprint density at radius 2 is 1.86 bits per heavy atom. The molecule has 1 aliphatic rings. The van der Waals surface area contributed by atoms with E-state index in [1.54, 1.807) is 18.9 Å². The van der Waals surface area contributed by atoms with Gasteiger partial charge >= 0.3 is 0 Å². The van der Waals surface area contributed by atoms with Gasteiger partial charge < -0.3 is 14.4 Å². The molecule has 0 radical (unpaired) electrons. The third-order valence-electron chi connectivity index (χ3n) is 4.17. The van der Waals surface area contributed by atoms with Crippen LogP contribution in [0.15, 0.2) is 24.3 Å². The average Bonchev–Trinajstić information content (AvgIpc) is 2.59. The van der Waals surface area contributed by atoms with Crippen LogP contribution < -0.4 is 9.47 Å². The Morgan fingerprint density at radius 3 is 2.41 bits per heavy atom. The van der Waals surface area contributed by atoms with Gasteiger partial charge in [0.05, 0.1) is 19.0 Å². The van der Waals surface area contributed by atoms with Gasteiger partial charge in [-0.3, -0.25) is 4.79 Å². The molecule has 1 heterocycles. The number of nitrogens with zero attached hydrogens (tertiary/aromatic N) is 1. The Bertz CT molecular complexity index is 469. The van der Waals surface area contributed by atoms with E-state index in [2.05, 4.69) is 0 Å². The summed E-state index contributed by atoms with van der Waals surface area (Å²) in [6.45, 7) is 4.39. The highest BCUT2D eigenvalue weighted by Crippen LogP contribution is 2.22. The molecular weight excluding hydrogens is 298 g/mol. The summed E-state index contributed by atoms with van der Waals surface area (Å²) in [7, 11) is 1.66. The first-order valence-corrected chi connectivity index (χ1v) is 9.01. The van der Waals surface area contributed by atoms with Crippen LogP contribution in [0.25, 0.3) is 0 Å². The molecule has 4 nitrogen and oxygen atoms in total. The van der Waals surface area contributed by atoms with E-state index in [1.165, 1.54) is 0 Å². The van der Waals surface area contributed by atoms with E-state index in [0.717, 1.165) is 37.4 Å². The summed E-state index contributed by atoms with van der Waals surface area (Å²) in [6.07, 6.45) is 4.02. The molecule has 22 heavy (non-hydrogen) atoms. The van der Waals surface area contributed by atoms with Gasteiger partial charge in [0.1, 0.15) is 11.5 Å². The van der Waals surface area contributed by atoms with E-state index >= 15 is 0 Å². The largest absolute Gasteiger partial charge is 0.497 e. The van der Waals surface area contributed by atoms with Crippen molar-refractivity contribution in [1.82, 2.24) is 4.90 Å². The summed E-state index contributed by atoms with van der Waals surface area (Å²) in [5.74, 6) is 2.50. The third kappa shape index (κ3) is 4.57. The fourth-order valence-corrected chi connectivity index (χ4v) is 2.91. The standard InChI is InChI=1S/C17H25NO3S/c1-13(22-3)17(19)18-10-8-14(9-11-18)12-21-16-6-4-15(20-2)5-7-16/h4-7,13-14H,8-12H2,1-3H3/t13-/m1/s1. The smallest absolute Gasteiger partial charge is 0.235 e. The number of carbonyl (C=O) groups is 1. The second kappa shape index (κ2) is 8.32. The zero-order valence-corrected chi connectivity index (χ0v) is 14.4. The van der Waals surface area contributed by atoms with Crippen molar-refractivity contribution in [3.63, 3.8) is 0 Å². The maximum absolute atomic E-state index is 12.1. The summed E-state index contributed by atoms with van der Waals surface area (Å²) < 4.78 is 11.0. The molecule has 1 aromatic carbocycles. The van der Waals surface area contributed by atoms with E-state index < -0.39 is 0 Å². The molecule has 1 atom stereocenters. The molecule has 0 spiro atoms. The summed E-state index contributed by atoms with van der Waals surface area (Å²) in [5, 5.41) is 0.0621. The van der Waals surface area contributed by atoms with Crippen LogP contribution in [0.4, 0.5) is 0 Å². The molecule has 1 saturated heterocycles. The highest BCUT2D eigenvalue weighted by atomic mass is 32.2. The van der Waals surface area contributed by atoms with E-state index in [9.17, 15) is 4.79 Å².